The predicted molar refractivity (Wildman–Crippen MR) is 97.6 cm³/mol. The number of rotatable bonds is 1. The summed E-state index contributed by atoms with van der Waals surface area (Å²) in [4.78, 5) is 27.0. The Morgan fingerprint density at radius 1 is 1.15 bits per heavy atom. The van der Waals surface area contributed by atoms with Crippen molar-refractivity contribution in [1.82, 2.24) is 19.9 Å². The van der Waals surface area contributed by atoms with Gasteiger partial charge in [-0.3, -0.25) is 0 Å². The topological polar surface area (TPSA) is 134 Å². The van der Waals surface area contributed by atoms with Crippen molar-refractivity contribution in [3.05, 3.63) is 35.2 Å². The van der Waals surface area contributed by atoms with E-state index in [2.05, 4.69) is 26.8 Å². The van der Waals surface area contributed by atoms with Gasteiger partial charge in [-0.2, -0.15) is 4.98 Å². The van der Waals surface area contributed by atoms with Crippen LogP contribution in [0.4, 0.5) is 22.4 Å². The average molecular weight is 353 g/mol. The van der Waals surface area contributed by atoms with E-state index in [-0.39, 0.29) is 5.95 Å². The fraction of sp³-hybridized carbons (Fsp3) is 0.294. The molecule has 1 aliphatic heterocycles. The van der Waals surface area contributed by atoms with E-state index < -0.39 is 6.09 Å². The molecule has 134 valence electrons. The Morgan fingerprint density at radius 3 is 2.50 bits per heavy atom. The van der Waals surface area contributed by atoms with Crippen LogP contribution in [-0.2, 0) is 0 Å². The lowest BCUT2D eigenvalue weighted by Gasteiger charge is -2.34. The van der Waals surface area contributed by atoms with Gasteiger partial charge in [0.2, 0.25) is 5.95 Å². The van der Waals surface area contributed by atoms with E-state index in [1.165, 1.54) is 4.90 Å². The van der Waals surface area contributed by atoms with Gasteiger partial charge in [0.1, 0.15) is 11.6 Å². The minimum Gasteiger partial charge on any atom is -0.465 e. The van der Waals surface area contributed by atoms with Crippen molar-refractivity contribution in [3.63, 3.8) is 0 Å². The summed E-state index contributed by atoms with van der Waals surface area (Å²) >= 11 is 0. The SMILES string of the molecule is Cc1nc(N)nc(N2CCN(C(=O)O)CC2)c1C#Cc1ccc(N)nc1. The number of amides is 1. The van der Waals surface area contributed by atoms with Gasteiger partial charge in [0.05, 0.1) is 11.3 Å². The van der Waals surface area contributed by atoms with Gasteiger partial charge in [0.15, 0.2) is 0 Å². The molecule has 1 fully saturated rings. The lowest BCUT2D eigenvalue weighted by atomic mass is 10.1. The van der Waals surface area contributed by atoms with E-state index in [0.717, 1.165) is 5.56 Å². The Labute approximate surface area is 150 Å². The molecule has 0 atom stereocenters. The molecule has 0 unspecified atom stereocenters. The second-order valence-electron chi connectivity index (χ2n) is 5.84. The summed E-state index contributed by atoms with van der Waals surface area (Å²) in [5.41, 5.74) is 13.4. The standard InChI is InChI=1S/C17H19N7O2/c1-11-13(4-2-12-3-5-14(18)20-10-12)15(22-16(19)21-11)23-6-8-24(9-7-23)17(25)26/h3,5,10H,6-9H2,1H3,(H2,18,20)(H,25,26)(H2,19,21,22). The molecule has 9 heteroatoms. The molecule has 3 rings (SSSR count). The Hall–Kier alpha value is -3.54. The van der Waals surface area contributed by atoms with Gasteiger partial charge in [-0.25, -0.2) is 14.8 Å². The summed E-state index contributed by atoms with van der Waals surface area (Å²) in [6.07, 6.45) is 0.681. The summed E-state index contributed by atoms with van der Waals surface area (Å²) in [5, 5.41) is 9.09. The average Bonchev–Trinajstić information content (AvgIpc) is 2.62. The van der Waals surface area contributed by atoms with Gasteiger partial charge in [0.25, 0.3) is 0 Å². The van der Waals surface area contributed by atoms with Crippen LogP contribution in [0.5, 0.6) is 0 Å². The molecule has 0 radical (unpaired) electrons. The smallest absolute Gasteiger partial charge is 0.407 e. The monoisotopic (exact) mass is 353 g/mol. The summed E-state index contributed by atoms with van der Waals surface area (Å²) in [5.74, 6) is 7.34. The van der Waals surface area contributed by atoms with E-state index in [1.807, 2.05) is 11.8 Å². The van der Waals surface area contributed by atoms with Gasteiger partial charge in [-0.05, 0) is 19.1 Å². The van der Waals surface area contributed by atoms with Crippen LogP contribution in [-0.4, -0.2) is 57.2 Å². The van der Waals surface area contributed by atoms with Crippen molar-refractivity contribution in [1.29, 1.82) is 0 Å². The van der Waals surface area contributed by atoms with Crippen LogP contribution in [0.25, 0.3) is 0 Å². The van der Waals surface area contributed by atoms with Crippen LogP contribution in [0.2, 0.25) is 0 Å². The van der Waals surface area contributed by atoms with Crippen LogP contribution in [0, 0.1) is 18.8 Å². The number of hydrogen-bond donors (Lipinski definition) is 3. The molecule has 0 aliphatic carbocycles. The third kappa shape index (κ3) is 3.75. The molecule has 5 N–H and O–H groups in total. The molecule has 3 heterocycles. The largest absolute Gasteiger partial charge is 0.465 e. The van der Waals surface area contributed by atoms with Crippen molar-refractivity contribution >= 4 is 23.7 Å². The minimum absolute atomic E-state index is 0.165. The summed E-state index contributed by atoms with van der Waals surface area (Å²) < 4.78 is 0. The fourth-order valence-electron chi connectivity index (χ4n) is 2.68. The second-order valence-corrected chi connectivity index (χ2v) is 5.84. The molecule has 1 aliphatic rings. The maximum atomic E-state index is 11.1. The normalized spacial score (nSPS) is 13.9. The van der Waals surface area contributed by atoms with E-state index in [1.54, 1.807) is 18.3 Å². The lowest BCUT2D eigenvalue weighted by Crippen LogP contribution is -2.48. The molecule has 0 spiro atoms. The highest BCUT2D eigenvalue weighted by molar-refractivity contribution is 5.66. The van der Waals surface area contributed by atoms with Crippen LogP contribution in [0.15, 0.2) is 18.3 Å². The first-order chi connectivity index (χ1) is 12.4. The number of aryl methyl sites for hydroxylation is 1. The number of carboxylic acid groups (broad SMARTS) is 1. The second kappa shape index (κ2) is 7.14. The van der Waals surface area contributed by atoms with Gasteiger partial charge in [-0.1, -0.05) is 11.8 Å². The molecular weight excluding hydrogens is 334 g/mol. The number of pyridine rings is 1. The van der Waals surface area contributed by atoms with Crippen LogP contribution in [0.3, 0.4) is 0 Å². The fourth-order valence-corrected chi connectivity index (χ4v) is 2.68. The van der Waals surface area contributed by atoms with Crippen molar-refractivity contribution in [2.75, 3.05) is 42.5 Å². The maximum absolute atomic E-state index is 11.1. The molecule has 2 aromatic rings. The number of nitrogen functional groups attached to an aromatic ring is 2. The van der Waals surface area contributed by atoms with Crippen LogP contribution in [0.1, 0.15) is 16.8 Å². The van der Waals surface area contributed by atoms with Crippen molar-refractivity contribution in [2.45, 2.75) is 6.92 Å². The lowest BCUT2D eigenvalue weighted by molar-refractivity contribution is 0.142. The van der Waals surface area contributed by atoms with Gasteiger partial charge >= 0.3 is 6.09 Å². The highest BCUT2D eigenvalue weighted by Crippen LogP contribution is 2.22. The molecule has 0 bridgehead atoms. The van der Waals surface area contributed by atoms with Crippen LogP contribution >= 0.6 is 0 Å². The van der Waals surface area contributed by atoms with Gasteiger partial charge in [0, 0.05) is 37.9 Å². The number of anilines is 3. The van der Waals surface area contributed by atoms with Crippen molar-refractivity contribution < 1.29 is 9.90 Å². The summed E-state index contributed by atoms with van der Waals surface area (Å²) in [6.45, 7) is 3.64. The summed E-state index contributed by atoms with van der Waals surface area (Å²) in [7, 11) is 0. The van der Waals surface area contributed by atoms with Crippen LogP contribution < -0.4 is 16.4 Å². The van der Waals surface area contributed by atoms with Crippen molar-refractivity contribution in [2.24, 2.45) is 0 Å². The first kappa shape index (κ1) is 17.3. The third-order valence-electron chi connectivity index (χ3n) is 4.06. The first-order valence-electron chi connectivity index (χ1n) is 8.04. The number of nitrogens with zero attached hydrogens (tertiary/aromatic N) is 5. The first-order valence-corrected chi connectivity index (χ1v) is 8.04. The molecule has 1 amide bonds. The highest BCUT2D eigenvalue weighted by Gasteiger charge is 2.24. The third-order valence-corrected chi connectivity index (χ3v) is 4.06. The maximum Gasteiger partial charge on any atom is 0.407 e. The number of carbonyl (C=O) groups is 1. The molecular formula is C17H19N7O2. The molecule has 0 aromatic carbocycles. The number of piperazine rings is 1. The Morgan fingerprint density at radius 2 is 1.88 bits per heavy atom. The number of nitrogens with two attached hydrogens (primary N) is 2. The molecule has 9 nitrogen and oxygen atoms in total. The van der Waals surface area contributed by atoms with E-state index in [0.29, 0.717) is 49.1 Å². The zero-order valence-electron chi connectivity index (χ0n) is 14.3. The zero-order valence-corrected chi connectivity index (χ0v) is 14.3. The zero-order chi connectivity index (χ0) is 18.7. The van der Waals surface area contributed by atoms with E-state index >= 15 is 0 Å². The molecule has 26 heavy (non-hydrogen) atoms. The number of hydrogen-bond acceptors (Lipinski definition) is 7. The Bertz CT molecular complexity index is 878. The quantitative estimate of drug-likeness (QED) is 0.633. The molecule has 2 aromatic heterocycles. The minimum atomic E-state index is -0.918. The number of aromatic nitrogens is 3. The predicted octanol–water partition coefficient (Wildman–Crippen LogP) is 0.544. The Balaban J connectivity index is 1.91. The van der Waals surface area contributed by atoms with Gasteiger partial charge in [-0.15, -0.1) is 0 Å². The van der Waals surface area contributed by atoms with Gasteiger partial charge < -0.3 is 26.4 Å². The molecule has 0 saturated carbocycles. The summed E-state index contributed by atoms with van der Waals surface area (Å²) in [6, 6.07) is 3.47. The van der Waals surface area contributed by atoms with Crippen molar-refractivity contribution in [3.8, 4) is 11.8 Å². The molecule has 1 saturated heterocycles. The highest BCUT2D eigenvalue weighted by atomic mass is 16.4. The van der Waals surface area contributed by atoms with E-state index in [9.17, 15) is 4.79 Å². The van der Waals surface area contributed by atoms with E-state index in [4.69, 9.17) is 16.6 Å². The Kier molecular flexibility index (Phi) is 4.75.